The molecule has 2 aromatic rings. The molecule has 0 aliphatic carbocycles. The van der Waals surface area contributed by atoms with Crippen LogP contribution in [-0.4, -0.2) is 17.0 Å². The number of aromatic nitrogens is 1. The molecular formula is C13H14N4O3. The highest BCUT2D eigenvalue weighted by atomic mass is 16.6. The minimum atomic E-state index is -0.566. The molecule has 7 heteroatoms. The Morgan fingerprint density at radius 3 is 2.65 bits per heavy atom. The van der Waals surface area contributed by atoms with E-state index in [1.54, 1.807) is 7.11 Å². The zero-order valence-electron chi connectivity index (χ0n) is 11.1. The van der Waals surface area contributed by atoms with Crippen molar-refractivity contribution in [1.29, 1.82) is 0 Å². The second-order valence-corrected chi connectivity index (χ2v) is 4.17. The third-order valence-corrected chi connectivity index (χ3v) is 2.77. The molecule has 0 aliphatic rings. The number of aryl methyl sites for hydroxylation is 1. The van der Waals surface area contributed by atoms with E-state index in [1.807, 2.05) is 25.1 Å². The van der Waals surface area contributed by atoms with Crippen molar-refractivity contribution in [3.05, 3.63) is 46.0 Å². The van der Waals surface area contributed by atoms with Crippen LogP contribution in [0.5, 0.6) is 5.75 Å². The molecule has 1 aromatic heterocycles. The summed E-state index contributed by atoms with van der Waals surface area (Å²) in [5, 5.41) is 13.7. The molecule has 0 amide bonds. The van der Waals surface area contributed by atoms with Gasteiger partial charge in [0.2, 0.25) is 5.82 Å². The summed E-state index contributed by atoms with van der Waals surface area (Å²) < 4.78 is 5.17. The maximum absolute atomic E-state index is 10.7. The quantitative estimate of drug-likeness (QED) is 0.656. The molecule has 104 valence electrons. The number of nitrogens with one attached hydrogen (secondary N) is 1. The second kappa shape index (κ2) is 5.43. The Balaban J connectivity index is 2.24. The van der Waals surface area contributed by atoms with Crippen LogP contribution in [0.2, 0.25) is 0 Å². The molecule has 0 saturated carbocycles. The summed E-state index contributed by atoms with van der Waals surface area (Å²) >= 11 is 0. The van der Waals surface area contributed by atoms with Gasteiger partial charge in [-0.25, -0.2) is 4.98 Å². The Morgan fingerprint density at radius 2 is 2.10 bits per heavy atom. The van der Waals surface area contributed by atoms with Crippen LogP contribution in [0.1, 0.15) is 5.56 Å². The van der Waals surface area contributed by atoms with Gasteiger partial charge in [0.15, 0.2) is 0 Å². The highest BCUT2D eigenvalue weighted by molar-refractivity contribution is 5.63. The molecule has 0 aliphatic heterocycles. The van der Waals surface area contributed by atoms with Crippen molar-refractivity contribution < 1.29 is 9.66 Å². The number of nitrogens with zero attached hydrogens (tertiary/aromatic N) is 2. The zero-order valence-corrected chi connectivity index (χ0v) is 11.1. The van der Waals surface area contributed by atoms with Crippen molar-refractivity contribution >= 4 is 23.0 Å². The third kappa shape index (κ3) is 2.77. The number of pyridine rings is 1. The molecule has 0 radical (unpaired) electrons. The summed E-state index contributed by atoms with van der Waals surface area (Å²) in [4.78, 5) is 14.0. The van der Waals surface area contributed by atoms with Crippen molar-refractivity contribution in [2.75, 3.05) is 18.2 Å². The fraction of sp³-hybridized carbons (Fsp3) is 0.154. The number of ether oxygens (including phenoxy) is 1. The highest BCUT2D eigenvalue weighted by Crippen LogP contribution is 2.26. The lowest BCUT2D eigenvalue weighted by Crippen LogP contribution is -2.01. The first-order chi connectivity index (χ1) is 9.51. The summed E-state index contributed by atoms with van der Waals surface area (Å²) in [6, 6.07) is 8.37. The molecule has 1 aromatic carbocycles. The minimum absolute atomic E-state index is 0.120. The van der Waals surface area contributed by atoms with Crippen molar-refractivity contribution in [3.63, 3.8) is 0 Å². The number of anilines is 3. The number of nitrogen functional groups attached to an aromatic ring is 1. The largest absolute Gasteiger partial charge is 0.496 e. The lowest BCUT2D eigenvalue weighted by molar-refractivity contribution is -0.384. The van der Waals surface area contributed by atoms with E-state index in [0.717, 1.165) is 17.0 Å². The Labute approximate surface area is 115 Å². The summed E-state index contributed by atoms with van der Waals surface area (Å²) in [5.74, 6) is 1.11. The molecule has 0 saturated heterocycles. The average Bonchev–Trinajstić information content (AvgIpc) is 2.38. The van der Waals surface area contributed by atoms with Crippen molar-refractivity contribution in [1.82, 2.24) is 4.98 Å². The number of rotatable bonds is 4. The number of methoxy groups -OCH3 is 1. The van der Waals surface area contributed by atoms with Crippen molar-refractivity contribution in [2.24, 2.45) is 0 Å². The Kier molecular flexibility index (Phi) is 3.69. The first-order valence-electron chi connectivity index (χ1n) is 5.84. The smallest absolute Gasteiger partial charge is 0.311 e. The maximum atomic E-state index is 10.7. The second-order valence-electron chi connectivity index (χ2n) is 4.17. The van der Waals surface area contributed by atoms with E-state index in [9.17, 15) is 10.1 Å². The topological polar surface area (TPSA) is 103 Å². The van der Waals surface area contributed by atoms with Gasteiger partial charge in [0.1, 0.15) is 11.6 Å². The van der Waals surface area contributed by atoms with E-state index in [1.165, 1.54) is 12.1 Å². The number of hydrogen-bond acceptors (Lipinski definition) is 6. The Hall–Kier alpha value is -2.83. The molecule has 0 spiro atoms. The molecule has 7 nitrogen and oxygen atoms in total. The van der Waals surface area contributed by atoms with Crippen LogP contribution in [0.4, 0.5) is 23.0 Å². The molecule has 0 fully saturated rings. The van der Waals surface area contributed by atoms with Gasteiger partial charge in [0.25, 0.3) is 0 Å². The van der Waals surface area contributed by atoms with E-state index in [-0.39, 0.29) is 11.5 Å². The fourth-order valence-electron chi connectivity index (χ4n) is 1.80. The predicted molar refractivity (Wildman–Crippen MR) is 76.3 cm³/mol. The standard InChI is InChI=1S/C13H14N4O3/c1-8-7-9(3-5-11(8)20-2)15-12-6-4-10(17(18)19)13(14)16-12/h3-7H,1-2H3,(H3,14,15,16). The van der Waals surface area contributed by atoms with Crippen LogP contribution >= 0.6 is 0 Å². The van der Waals surface area contributed by atoms with Crippen molar-refractivity contribution in [3.8, 4) is 5.75 Å². The number of benzene rings is 1. The molecular weight excluding hydrogens is 260 g/mol. The average molecular weight is 274 g/mol. The van der Waals surface area contributed by atoms with Gasteiger partial charge in [-0.15, -0.1) is 0 Å². The Bertz CT molecular complexity index is 658. The molecule has 2 rings (SSSR count). The normalized spacial score (nSPS) is 10.1. The predicted octanol–water partition coefficient (Wildman–Crippen LogP) is 2.63. The van der Waals surface area contributed by atoms with Gasteiger partial charge >= 0.3 is 5.69 Å². The van der Waals surface area contributed by atoms with Crippen LogP contribution in [0.3, 0.4) is 0 Å². The van der Waals surface area contributed by atoms with Crippen LogP contribution in [-0.2, 0) is 0 Å². The van der Waals surface area contributed by atoms with Gasteiger partial charge in [0, 0.05) is 11.8 Å². The van der Waals surface area contributed by atoms with Gasteiger partial charge in [-0.1, -0.05) is 0 Å². The van der Waals surface area contributed by atoms with Gasteiger partial charge in [-0.2, -0.15) is 0 Å². The van der Waals surface area contributed by atoms with Crippen LogP contribution in [0, 0.1) is 17.0 Å². The number of hydrogen-bond donors (Lipinski definition) is 2. The third-order valence-electron chi connectivity index (χ3n) is 2.77. The first kappa shape index (κ1) is 13.6. The fourth-order valence-corrected chi connectivity index (χ4v) is 1.80. The molecule has 0 bridgehead atoms. The molecule has 20 heavy (non-hydrogen) atoms. The maximum Gasteiger partial charge on any atom is 0.311 e. The van der Waals surface area contributed by atoms with E-state index in [0.29, 0.717) is 5.82 Å². The lowest BCUT2D eigenvalue weighted by atomic mass is 10.2. The van der Waals surface area contributed by atoms with Gasteiger partial charge < -0.3 is 15.8 Å². The number of nitro groups is 1. The van der Waals surface area contributed by atoms with E-state index < -0.39 is 4.92 Å². The molecule has 1 heterocycles. The van der Waals surface area contributed by atoms with E-state index in [4.69, 9.17) is 10.5 Å². The van der Waals surface area contributed by atoms with Crippen molar-refractivity contribution in [2.45, 2.75) is 6.92 Å². The van der Waals surface area contributed by atoms with Gasteiger partial charge in [0.05, 0.1) is 12.0 Å². The molecule has 0 unspecified atom stereocenters. The zero-order chi connectivity index (χ0) is 14.7. The Morgan fingerprint density at radius 1 is 1.35 bits per heavy atom. The van der Waals surface area contributed by atoms with Crippen LogP contribution in [0.15, 0.2) is 30.3 Å². The summed E-state index contributed by atoms with van der Waals surface area (Å²) in [6.07, 6.45) is 0. The minimum Gasteiger partial charge on any atom is -0.496 e. The van der Waals surface area contributed by atoms with Gasteiger partial charge in [-0.3, -0.25) is 10.1 Å². The summed E-state index contributed by atoms with van der Waals surface area (Å²) in [5.41, 5.74) is 7.09. The highest BCUT2D eigenvalue weighted by Gasteiger charge is 2.12. The first-order valence-corrected chi connectivity index (χ1v) is 5.84. The summed E-state index contributed by atoms with van der Waals surface area (Å²) in [7, 11) is 1.61. The van der Waals surface area contributed by atoms with Crippen LogP contribution < -0.4 is 15.8 Å². The van der Waals surface area contributed by atoms with E-state index in [2.05, 4.69) is 10.3 Å². The monoisotopic (exact) mass is 274 g/mol. The molecule has 0 atom stereocenters. The number of nitrogens with two attached hydrogens (primary N) is 1. The van der Waals surface area contributed by atoms with Gasteiger partial charge in [-0.05, 0) is 36.8 Å². The molecule has 3 N–H and O–H groups in total. The SMILES string of the molecule is COc1ccc(Nc2ccc([N+](=O)[O-])c(N)n2)cc1C. The lowest BCUT2D eigenvalue weighted by Gasteiger charge is -2.09. The van der Waals surface area contributed by atoms with E-state index >= 15 is 0 Å². The van der Waals surface area contributed by atoms with Crippen LogP contribution in [0.25, 0.3) is 0 Å². The summed E-state index contributed by atoms with van der Waals surface area (Å²) in [6.45, 7) is 1.92.